The lowest BCUT2D eigenvalue weighted by Gasteiger charge is -2.37. The molecular weight excluding hydrogens is 598 g/mol. The molecule has 0 saturated carbocycles. The van der Waals surface area contributed by atoms with Gasteiger partial charge in [0, 0.05) is 45.4 Å². The van der Waals surface area contributed by atoms with Gasteiger partial charge in [-0.05, 0) is 41.0 Å². The van der Waals surface area contributed by atoms with Crippen molar-refractivity contribution in [2.45, 2.75) is 6.04 Å². The number of hydrogen-bond acceptors (Lipinski definition) is 6. The summed E-state index contributed by atoms with van der Waals surface area (Å²) in [6.07, 6.45) is 0. The van der Waals surface area contributed by atoms with Crippen molar-refractivity contribution in [3.8, 4) is 16.9 Å². The van der Waals surface area contributed by atoms with Crippen LogP contribution in [0.25, 0.3) is 11.1 Å². The van der Waals surface area contributed by atoms with Gasteiger partial charge in [-0.3, -0.25) is 24.2 Å². The largest absolute Gasteiger partial charge is 0.482 e. The molecule has 43 heavy (non-hydrogen) atoms. The van der Waals surface area contributed by atoms with Gasteiger partial charge >= 0.3 is 0 Å². The van der Waals surface area contributed by atoms with Crippen LogP contribution in [0, 0.1) is 5.82 Å². The van der Waals surface area contributed by atoms with E-state index in [1.165, 1.54) is 36.2 Å². The number of nitrogens with zero attached hydrogens (tertiary/aromatic N) is 3. The fourth-order valence-electron chi connectivity index (χ4n) is 5.20. The predicted octanol–water partition coefficient (Wildman–Crippen LogP) is 4.42. The van der Waals surface area contributed by atoms with Crippen LogP contribution < -0.4 is 15.0 Å². The zero-order chi connectivity index (χ0) is 30.7. The molecule has 12 heteroatoms. The molecule has 226 valence electrons. The minimum absolute atomic E-state index is 0.215. The van der Waals surface area contributed by atoms with Crippen LogP contribution in [0.15, 0.2) is 54.6 Å². The van der Waals surface area contributed by atoms with E-state index in [4.69, 9.17) is 32.7 Å². The number of carbonyl (C=O) groups excluding carboxylic acids is 3. The first-order chi connectivity index (χ1) is 20.6. The number of hydrogen-bond donors (Lipinski definition) is 1. The van der Waals surface area contributed by atoms with Crippen LogP contribution in [-0.2, 0) is 14.3 Å². The fraction of sp³-hybridized carbons (Fsp3) is 0.323. The molecule has 1 unspecified atom stereocenters. The minimum Gasteiger partial charge on any atom is -0.482 e. The van der Waals surface area contributed by atoms with E-state index in [9.17, 15) is 18.8 Å². The lowest BCUT2D eigenvalue weighted by Crippen LogP contribution is -2.48. The molecule has 0 radical (unpaired) electrons. The number of anilines is 1. The number of ether oxygens (including phenoxy) is 2. The summed E-state index contributed by atoms with van der Waals surface area (Å²) in [6.45, 7) is 2.74. The lowest BCUT2D eigenvalue weighted by atomic mass is 9.98. The van der Waals surface area contributed by atoms with Crippen molar-refractivity contribution >= 4 is 46.6 Å². The number of halogens is 3. The second kappa shape index (κ2) is 13.3. The molecule has 0 aromatic heterocycles. The van der Waals surface area contributed by atoms with Crippen molar-refractivity contribution in [1.82, 2.24) is 15.1 Å². The third-order valence-corrected chi connectivity index (χ3v) is 8.37. The maximum Gasteiger partial charge on any atom is 0.265 e. The first-order valence-electron chi connectivity index (χ1n) is 13.8. The number of amides is 3. The Morgan fingerprint density at radius 1 is 1.02 bits per heavy atom. The first-order valence-corrected chi connectivity index (χ1v) is 14.5. The molecule has 0 aliphatic carbocycles. The second-order valence-electron chi connectivity index (χ2n) is 10.4. The third kappa shape index (κ3) is 6.94. The topological polar surface area (TPSA) is 91.4 Å². The number of likely N-dealkylation sites (N-methyl/N-ethyl adjacent to an activating group) is 1. The van der Waals surface area contributed by atoms with Gasteiger partial charge in [0.1, 0.15) is 18.1 Å². The van der Waals surface area contributed by atoms with Crippen LogP contribution in [0.3, 0.4) is 0 Å². The number of rotatable bonds is 8. The van der Waals surface area contributed by atoms with Crippen LogP contribution in [0.2, 0.25) is 10.0 Å². The highest BCUT2D eigenvalue weighted by atomic mass is 35.5. The molecule has 2 heterocycles. The Bertz CT molecular complexity index is 1530. The number of fused-ring (bicyclic) bond motifs is 1. The summed E-state index contributed by atoms with van der Waals surface area (Å²) in [6, 6.07) is 14.4. The average molecular weight is 630 g/mol. The monoisotopic (exact) mass is 628 g/mol. The van der Waals surface area contributed by atoms with Crippen molar-refractivity contribution in [2.75, 3.05) is 65.0 Å². The van der Waals surface area contributed by atoms with Gasteiger partial charge in [0.25, 0.3) is 11.8 Å². The number of carbonyl (C=O) groups is 3. The zero-order valence-corrected chi connectivity index (χ0v) is 25.3. The van der Waals surface area contributed by atoms with Gasteiger partial charge < -0.3 is 19.7 Å². The van der Waals surface area contributed by atoms with Crippen molar-refractivity contribution in [2.24, 2.45) is 0 Å². The molecule has 1 atom stereocenters. The number of morpholine rings is 1. The molecule has 3 aromatic rings. The fourth-order valence-corrected chi connectivity index (χ4v) is 5.51. The van der Waals surface area contributed by atoms with Gasteiger partial charge in [-0.25, -0.2) is 4.39 Å². The highest BCUT2D eigenvalue weighted by molar-refractivity contribution is 6.42. The Hall–Kier alpha value is -3.70. The number of nitrogens with one attached hydrogen (secondary N) is 1. The molecule has 3 aromatic carbocycles. The Labute approximate surface area is 259 Å². The van der Waals surface area contributed by atoms with Gasteiger partial charge in [0.15, 0.2) is 6.61 Å². The van der Waals surface area contributed by atoms with Gasteiger partial charge in [-0.1, -0.05) is 47.5 Å². The van der Waals surface area contributed by atoms with E-state index in [0.29, 0.717) is 36.8 Å². The van der Waals surface area contributed by atoms with Crippen molar-refractivity contribution in [3.05, 3.63) is 81.6 Å². The lowest BCUT2D eigenvalue weighted by molar-refractivity contribution is -0.133. The average Bonchev–Trinajstić information content (AvgIpc) is 3.01. The van der Waals surface area contributed by atoms with E-state index in [-0.39, 0.29) is 52.5 Å². The van der Waals surface area contributed by atoms with Crippen molar-refractivity contribution < 1.29 is 28.2 Å². The molecule has 0 spiro atoms. The summed E-state index contributed by atoms with van der Waals surface area (Å²) in [5, 5.41) is 3.05. The Kier molecular flexibility index (Phi) is 9.51. The Morgan fingerprint density at radius 2 is 1.72 bits per heavy atom. The summed E-state index contributed by atoms with van der Waals surface area (Å²) in [7, 11) is 3.21. The standard InChI is InChI=1S/C31H31Cl2FN4O5/c1-35-31(41)22-11-21(12-23(34)13-22)19-3-5-20(6-4-19)27(16-37-7-9-42-10-8-37)36(2)29(39)17-38-26-14-24(32)25(33)15-28(26)43-18-30(38)40/h3-6,11-15,27H,7-10,16-18H2,1-2H3,(H,35,41). The maximum atomic E-state index is 14.3. The van der Waals surface area contributed by atoms with E-state index in [2.05, 4.69) is 10.2 Å². The smallest absolute Gasteiger partial charge is 0.265 e. The van der Waals surface area contributed by atoms with Gasteiger partial charge in [-0.2, -0.15) is 0 Å². The van der Waals surface area contributed by atoms with E-state index < -0.39 is 5.82 Å². The molecular formula is C31H31Cl2FN4O5. The molecule has 3 amide bonds. The van der Waals surface area contributed by atoms with Crippen molar-refractivity contribution in [1.29, 1.82) is 0 Å². The minimum atomic E-state index is -0.515. The molecule has 1 fully saturated rings. The molecule has 2 aliphatic rings. The van der Waals surface area contributed by atoms with E-state index >= 15 is 0 Å². The first kappa shape index (κ1) is 30.7. The van der Waals surface area contributed by atoms with Crippen molar-refractivity contribution in [3.63, 3.8) is 0 Å². The molecule has 9 nitrogen and oxygen atoms in total. The van der Waals surface area contributed by atoms with E-state index in [1.807, 2.05) is 24.3 Å². The van der Waals surface area contributed by atoms with Gasteiger partial charge in [0.2, 0.25) is 5.91 Å². The van der Waals surface area contributed by atoms with Crippen LogP contribution in [0.5, 0.6) is 5.75 Å². The molecule has 2 aliphatic heterocycles. The Morgan fingerprint density at radius 3 is 2.42 bits per heavy atom. The van der Waals surface area contributed by atoms with E-state index in [0.717, 1.165) is 24.2 Å². The highest BCUT2D eigenvalue weighted by Gasteiger charge is 2.32. The highest BCUT2D eigenvalue weighted by Crippen LogP contribution is 2.39. The quantitative estimate of drug-likeness (QED) is 0.397. The molecule has 5 rings (SSSR count). The maximum absolute atomic E-state index is 14.3. The SMILES string of the molecule is CNC(=O)c1cc(F)cc(-c2ccc(C(CN3CCOCC3)N(C)C(=O)CN3C(=O)COc4cc(Cl)c(Cl)cc43)cc2)c1. The normalized spacial score (nSPS) is 15.8. The van der Waals surface area contributed by atoms with E-state index in [1.54, 1.807) is 18.0 Å². The molecule has 0 bridgehead atoms. The second-order valence-corrected chi connectivity index (χ2v) is 11.2. The summed E-state index contributed by atoms with van der Waals surface area (Å²) >= 11 is 12.4. The Balaban J connectivity index is 1.41. The third-order valence-electron chi connectivity index (χ3n) is 7.65. The van der Waals surface area contributed by atoms with Crippen LogP contribution >= 0.6 is 23.2 Å². The molecule has 1 saturated heterocycles. The van der Waals surface area contributed by atoms with Gasteiger partial charge in [0.05, 0.1) is 35.0 Å². The summed E-state index contributed by atoms with van der Waals surface area (Å²) in [4.78, 5) is 43.9. The molecule has 1 N–H and O–H groups in total. The summed E-state index contributed by atoms with van der Waals surface area (Å²) < 4.78 is 25.4. The van der Waals surface area contributed by atoms with Crippen LogP contribution in [-0.4, -0.2) is 87.6 Å². The number of benzene rings is 3. The van der Waals surface area contributed by atoms with Crippen LogP contribution in [0.4, 0.5) is 10.1 Å². The zero-order valence-electron chi connectivity index (χ0n) is 23.7. The summed E-state index contributed by atoms with van der Waals surface area (Å²) in [5.41, 5.74) is 2.74. The van der Waals surface area contributed by atoms with Gasteiger partial charge in [-0.15, -0.1) is 0 Å². The summed E-state index contributed by atoms with van der Waals surface area (Å²) in [5.74, 6) is -1.17. The van der Waals surface area contributed by atoms with Crippen LogP contribution in [0.1, 0.15) is 22.0 Å². The predicted molar refractivity (Wildman–Crippen MR) is 162 cm³/mol.